The van der Waals surface area contributed by atoms with Crippen LogP contribution in [0.1, 0.15) is 68.7 Å². The normalized spacial score (nSPS) is 17.8. The first-order valence-electron chi connectivity index (χ1n) is 11.1. The number of rotatable bonds is 6. The van der Waals surface area contributed by atoms with Crippen LogP contribution >= 0.6 is 0 Å². The average molecular weight is 428 g/mol. The zero-order valence-electron chi connectivity index (χ0n) is 19.2. The van der Waals surface area contributed by atoms with Crippen LogP contribution in [-0.4, -0.2) is 52.7 Å². The molecule has 1 heterocycles. The Morgan fingerprint density at radius 3 is 2.16 bits per heavy atom. The van der Waals surface area contributed by atoms with Gasteiger partial charge in [0.05, 0.1) is 0 Å². The summed E-state index contributed by atoms with van der Waals surface area (Å²) in [7, 11) is 0. The molecular weight excluding hydrogens is 394 g/mol. The van der Waals surface area contributed by atoms with E-state index in [2.05, 4.69) is 52.1 Å². The SMILES string of the molecule is Cc1cc(C(C)(C)C)cc(C)c1CCNC(=O)CN1C(=O)C(=O)N(C2CCCC2)C1=O. The maximum absolute atomic E-state index is 12.6. The maximum atomic E-state index is 12.6. The van der Waals surface area contributed by atoms with Gasteiger partial charge in [0.15, 0.2) is 0 Å². The molecule has 0 atom stereocenters. The van der Waals surface area contributed by atoms with E-state index in [1.54, 1.807) is 0 Å². The Morgan fingerprint density at radius 1 is 1.03 bits per heavy atom. The van der Waals surface area contributed by atoms with E-state index >= 15 is 0 Å². The second-order valence-electron chi connectivity index (χ2n) is 9.73. The summed E-state index contributed by atoms with van der Waals surface area (Å²) in [6.07, 6.45) is 3.97. The molecule has 1 aromatic carbocycles. The van der Waals surface area contributed by atoms with Gasteiger partial charge in [0.1, 0.15) is 6.54 Å². The van der Waals surface area contributed by atoms with Crippen LogP contribution in [0.4, 0.5) is 4.79 Å². The second-order valence-corrected chi connectivity index (χ2v) is 9.73. The van der Waals surface area contributed by atoms with Gasteiger partial charge in [0, 0.05) is 12.6 Å². The number of carbonyl (C=O) groups excluding carboxylic acids is 4. The number of carbonyl (C=O) groups is 4. The van der Waals surface area contributed by atoms with Crippen molar-refractivity contribution in [1.82, 2.24) is 15.1 Å². The lowest BCUT2D eigenvalue weighted by molar-refractivity contribution is -0.144. The summed E-state index contributed by atoms with van der Waals surface area (Å²) in [6, 6.07) is 3.49. The van der Waals surface area contributed by atoms with E-state index in [4.69, 9.17) is 0 Å². The molecule has 0 aromatic heterocycles. The van der Waals surface area contributed by atoms with Crippen LogP contribution in [-0.2, 0) is 26.2 Å². The van der Waals surface area contributed by atoms with E-state index in [0.29, 0.717) is 13.0 Å². The average Bonchev–Trinajstić information content (AvgIpc) is 3.26. The van der Waals surface area contributed by atoms with E-state index in [-0.39, 0.29) is 11.5 Å². The molecule has 1 saturated carbocycles. The van der Waals surface area contributed by atoms with Crippen LogP contribution in [0.25, 0.3) is 0 Å². The molecule has 0 spiro atoms. The Balaban J connectivity index is 1.57. The molecule has 168 valence electrons. The maximum Gasteiger partial charge on any atom is 0.334 e. The van der Waals surface area contributed by atoms with E-state index in [0.717, 1.165) is 35.5 Å². The van der Waals surface area contributed by atoms with E-state index in [1.807, 2.05) is 0 Å². The summed E-state index contributed by atoms with van der Waals surface area (Å²) < 4.78 is 0. The molecule has 1 aromatic rings. The molecule has 2 aliphatic rings. The third-order valence-electron chi connectivity index (χ3n) is 6.33. The van der Waals surface area contributed by atoms with Gasteiger partial charge in [-0.15, -0.1) is 0 Å². The first kappa shape index (κ1) is 23.0. The van der Waals surface area contributed by atoms with Crippen LogP contribution in [0.5, 0.6) is 0 Å². The number of benzene rings is 1. The fourth-order valence-electron chi connectivity index (χ4n) is 4.49. The minimum absolute atomic E-state index is 0.0703. The highest BCUT2D eigenvalue weighted by Gasteiger charge is 2.48. The van der Waals surface area contributed by atoms with Crippen molar-refractivity contribution in [3.05, 3.63) is 34.4 Å². The number of imide groups is 2. The largest absolute Gasteiger partial charge is 0.354 e. The zero-order valence-corrected chi connectivity index (χ0v) is 19.2. The number of aryl methyl sites for hydroxylation is 2. The lowest BCUT2D eigenvalue weighted by Gasteiger charge is -2.22. The van der Waals surface area contributed by atoms with Gasteiger partial charge >= 0.3 is 17.8 Å². The molecule has 0 bridgehead atoms. The molecule has 1 N–H and O–H groups in total. The van der Waals surface area contributed by atoms with Crippen LogP contribution in [0.2, 0.25) is 0 Å². The fourth-order valence-corrected chi connectivity index (χ4v) is 4.49. The van der Waals surface area contributed by atoms with E-state index < -0.39 is 30.3 Å². The molecule has 1 aliphatic carbocycles. The molecule has 3 rings (SSSR count). The smallest absolute Gasteiger partial charge is 0.334 e. The summed E-state index contributed by atoms with van der Waals surface area (Å²) in [5.41, 5.74) is 4.90. The van der Waals surface area contributed by atoms with Crippen LogP contribution in [0, 0.1) is 13.8 Å². The predicted molar refractivity (Wildman–Crippen MR) is 118 cm³/mol. The third kappa shape index (κ3) is 4.81. The molecule has 0 radical (unpaired) electrons. The zero-order chi connectivity index (χ0) is 22.9. The van der Waals surface area contributed by atoms with Crippen molar-refractivity contribution >= 4 is 23.8 Å². The van der Waals surface area contributed by atoms with Crippen molar-refractivity contribution in [1.29, 1.82) is 0 Å². The number of nitrogens with zero attached hydrogens (tertiary/aromatic N) is 2. The lowest BCUT2D eigenvalue weighted by atomic mass is 9.83. The van der Waals surface area contributed by atoms with Crippen molar-refractivity contribution in [3.63, 3.8) is 0 Å². The molecule has 1 aliphatic heterocycles. The second kappa shape index (κ2) is 8.81. The lowest BCUT2D eigenvalue weighted by Crippen LogP contribution is -2.43. The van der Waals surface area contributed by atoms with Crippen molar-refractivity contribution < 1.29 is 19.2 Å². The van der Waals surface area contributed by atoms with Crippen LogP contribution < -0.4 is 5.32 Å². The summed E-state index contributed by atoms with van der Waals surface area (Å²) in [5.74, 6) is -2.16. The molecule has 31 heavy (non-hydrogen) atoms. The van der Waals surface area contributed by atoms with E-state index in [1.165, 1.54) is 22.3 Å². The third-order valence-corrected chi connectivity index (χ3v) is 6.33. The molecule has 7 nitrogen and oxygen atoms in total. The Labute approximate surface area is 184 Å². The molecule has 1 saturated heterocycles. The predicted octanol–water partition coefficient (Wildman–Crippen LogP) is 2.99. The molecule has 0 unspecified atom stereocenters. The summed E-state index contributed by atoms with van der Waals surface area (Å²) in [4.78, 5) is 51.3. The monoisotopic (exact) mass is 427 g/mol. The summed E-state index contributed by atoms with van der Waals surface area (Å²) >= 11 is 0. The van der Waals surface area contributed by atoms with Gasteiger partial charge in [0.2, 0.25) is 5.91 Å². The van der Waals surface area contributed by atoms with Crippen LogP contribution in [0.15, 0.2) is 12.1 Å². The van der Waals surface area contributed by atoms with Gasteiger partial charge in [-0.3, -0.25) is 19.3 Å². The van der Waals surface area contributed by atoms with Gasteiger partial charge in [-0.05, 0) is 60.8 Å². The topological polar surface area (TPSA) is 86.8 Å². The van der Waals surface area contributed by atoms with Gasteiger partial charge < -0.3 is 5.32 Å². The minimum atomic E-state index is -0.906. The molecule has 5 amide bonds. The van der Waals surface area contributed by atoms with E-state index in [9.17, 15) is 19.2 Å². The Morgan fingerprint density at radius 2 is 1.61 bits per heavy atom. The minimum Gasteiger partial charge on any atom is -0.354 e. The standard InChI is InChI=1S/C24H33N3O4/c1-15-12-17(24(3,4)5)13-16(2)19(15)10-11-25-20(28)14-26-21(29)22(30)27(23(26)31)18-8-6-7-9-18/h12-13,18H,6-11,14H2,1-5H3,(H,25,28). The Bertz CT molecular complexity index is 887. The highest BCUT2D eigenvalue weighted by atomic mass is 16.2. The number of hydrogen-bond acceptors (Lipinski definition) is 4. The van der Waals surface area contributed by atoms with Gasteiger partial charge in [-0.2, -0.15) is 0 Å². The first-order chi connectivity index (χ1) is 14.5. The number of urea groups is 1. The Kier molecular flexibility index (Phi) is 6.53. The number of nitrogens with one attached hydrogen (secondary N) is 1. The number of hydrogen-bond donors (Lipinski definition) is 1. The summed E-state index contributed by atoms with van der Waals surface area (Å²) in [6.45, 7) is 10.7. The van der Waals surface area contributed by atoms with Crippen molar-refractivity contribution in [2.75, 3.05) is 13.1 Å². The summed E-state index contributed by atoms with van der Waals surface area (Å²) in [5, 5.41) is 2.78. The first-order valence-corrected chi connectivity index (χ1v) is 11.1. The van der Waals surface area contributed by atoms with Gasteiger partial charge in [-0.25, -0.2) is 9.69 Å². The van der Waals surface area contributed by atoms with Crippen molar-refractivity contribution in [3.8, 4) is 0 Å². The molecule has 7 heteroatoms. The Hall–Kier alpha value is -2.70. The number of amides is 5. The highest BCUT2D eigenvalue weighted by Crippen LogP contribution is 2.28. The van der Waals surface area contributed by atoms with Gasteiger partial charge in [0.25, 0.3) is 0 Å². The highest BCUT2D eigenvalue weighted by molar-refractivity contribution is 6.45. The van der Waals surface area contributed by atoms with Crippen LogP contribution in [0.3, 0.4) is 0 Å². The van der Waals surface area contributed by atoms with Gasteiger partial charge in [-0.1, -0.05) is 45.7 Å². The molecular formula is C24H33N3O4. The quantitative estimate of drug-likeness (QED) is 0.559. The van der Waals surface area contributed by atoms with Crippen molar-refractivity contribution in [2.45, 2.75) is 78.2 Å². The fraction of sp³-hybridized carbons (Fsp3) is 0.583. The molecule has 2 fully saturated rings. The van der Waals surface area contributed by atoms with Crippen molar-refractivity contribution in [2.24, 2.45) is 0 Å².